The maximum Gasteiger partial charge on any atom is 0.396 e. The molecule has 0 amide bonds. The standard InChI is InChI=1S/C15H13O7P/c16-12-3-2-10(15(17)23(18,19)20)7-11(12)5-9-1-4-13-14(6-9)22-8-21-13/h1-4,6-7,16H,5,8H2,(H2,18,19,20). The Morgan fingerprint density at radius 1 is 1.09 bits per heavy atom. The monoisotopic (exact) mass is 336 g/mol. The fourth-order valence-corrected chi connectivity index (χ4v) is 2.77. The summed E-state index contributed by atoms with van der Waals surface area (Å²) in [5, 5.41) is 9.91. The van der Waals surface area contributed by atoms with Crippen LogP contribution in [0.1, 0.15) is 21.5 Å². The number of hydrogen-bond donors (Lipinski definition) is 3. The van der Waals surface area contributed by atoms with Gasteiger partial charge in [0.05, 0.1) is 0 Å². The molecule has 0 aliphatic carbocycles. The van der Waals surface area contributed by atoms with Crippen molar-refractivity contribution in [1.29, 1.82) is 0 Å². The molecule has 2 aromatic carbocycles. The van der Waals surface area contributed by atoms with Crippen LogP contribution in [-0.4, -0.2) is 27.2 Å². The number of phenolic OH excluding ortho intramolecular Hbond substituents is 1. The van der Waals surface area contributed by atoms with Gasteiger partial charge in [-0.1, -0.05) is 6.07 Å². The van der Waals surface area contributed by atoms with Crippen LogP contribution in [0.3, 0.4) is 0 Å². The van der Waals surface area contributed by atoms with Crippen LogP contribution in [0.15, 0.2) is 36.4 Å². The van der Waals surface area contributed by atoms with E-state index in [1.165, 1.54) is 18.2 Å². The van der Waals surface area contributed by atoms with E-state index in [1.54, 1.807) is 18.2 Å². The lowest BCUT2D eigenvalue weighted by molar-refractivity contribution is 0.104. The molecule has 3 N–H and O–H groups in total. The van der Waals surface area contributed by atoms with Gasteiger partial charge in [0.25, 0.3) is 5.52 Å². The third-order valence-electron chi connectivity index (χ3n) is 3.42. The zero-order valence-corrected chi connectivity index (χ0v) is 12.7. The van der Waals surface area contributed by atoms with E-state index in [9.17, 15) is 14.5 Å². The Morgan fingerprint density at radius 2 is 1.83 bits per heavy atom. The molecule has 0 spiro atoms. The number of aromatic hydroxyl groups is 1. The Bertz CT molecular complexity index is 825. The van der Waals surface area contributed by atoms with Gasteiger partial charge in [-0.05, 0) is 41.5 Å². The molecule has 1 aliphatic rings. The van der Waals surface area contributed by atoms with E-state index < -0.39 is 13.1 Å². The number of carbonyl (C=O) groups excluding carboxylic acids is 1. The van der Waals surface area contributed by atoms with Crippen molar-refractivity contribution in [3.05, 3.63) is 53.1 Å². The van der Waals surface area contributed by atoms with Gasteiger partial charge in [0, 0.05) is 12.0 Å². The number of hydrogen-bond acceptors (Lipinski definition) is 5. The van der Waals surface area contributed by atoms with Crippen LogP contribution < -0.4 is 9.47 Å². The first-order valence-electron chi connectivity index (χ1n) is 6.65. The van der Waals surface area contributed by atoms with Gasteiger partial charge in [0.15, 0.2) is 11.5 Å². The first-order valence-corrected chi connectivity index (χ1v) is 8.27. The van der Waals surface area contributed by atoms with Crippen LogP contribution in [-0.2, 0) is 11.0 Å². The molecule has 0 saturated heterocycles. The highest BCUT2D eigenvalue weighted by Gasteiger charge is 2.27. The number of rotatable bonds is 4. The summed E-state index contributed by atoms with van der Waals surface area (Å²) in [6.07, 6.45) is 0.269. The summed E-state index contributed by atoms with van der Waals surface area (Å²) in [6.45, 7) is 0.149. The summed E-state index contributed by atoms with van der Waals surface area (Å²) in [4.78, 5) is 29.6. The fourth-order valence-electron chi connectivity index (χ4n) is 2.30. The minimum Gasteiger partial charge on any atom is -0.508 e. The molecule has 0 radical (unpaired) electrons. The minimum absolute atomic E-state index is 0.0649. The van der Waals surface area contributed by atoms with E-state index in [1.807, 2.05) is 0 Å². The van der Waals surface area contributed by atoms with Gasteiger partial charge in [-0.3, -0.25) is 9.36 Å². The van der Waals surface area contributed by atoms with Gasteiger partial charge in [-0.2, -0.15) is 0 Å². The first-order chi connectivity index (χ1) is 10.8. The second kappa shape index (κ2) is 5.70. The highest BCUT2D eigenvalue weighted by molar-refractivity contribution is 7.70. The third kappa shape index (κ3) is 3.22. The summed E-state index contributed by atoms with van der Waals surface area (Å²) >= 11 is 0. The summed E-state index contributed by atoms with van der Waals surface area (Å²) in [5.74, 6) is 1.15. The van der Waals surface area contributed by atoms with Crippen molar-refractivity contribution in [1.82, 2.24) is 0 Å². The Balaban J connectivity index is 1.91. The highest BCUT2D eigenvalue weighted by Crippen LogP contribution is 2.40. The number of fused-ring (bicyclic) bond motifs is 1. The van der Waals surface area contributed by atoms with Crippen LogP contribution in [0.4, 0.5) is 0 Å². The van der Waals surface area contributed by atoms with Crippen molar-refractivity contribution in [3.8, 4) is 17.2 Å². The lowest BCUT2D eigenvalue weighted by Crippen LogP contribution is -2.01. The molecule has 0 unspecified atom stereocenters. The molecule has 0 fully saturated rings. The highest BCUT2D eigenvalue weighted by atomic mass is 31.2. The quantitative estimate of drug-likeness (QED) is 0.732. The number of carbonyl (C=O) groups is 1. The van der Waals surface area contributed by atoms with Crippen LogP contribution in [0, 0.1) is 0 Å². The molecule has 0 saturated carbocycles. The second-order valence-electron chi connectivity index (χ2n) is 5.06. The molecule has 2 aromatic rings. The molecule has 23 heavy (non-hydrogen) atoms. The lowest BCUT2D eigenvalue weighted by Gasteiger charge is -2.09. The number of benzene rings is 2. The molecule has 1 heterocycles. The lowest BCUT2D eigenvalue weighted by atomic mass is 10.0. The van der Waals surface area contributed by atoms with Gasteiger partial charge < -0.3 is 24.4 Å². The van der Waals surface area contributed by atoms with Crippen molar-refractivity contribution in [3.63, 3.8) is 0 Å². The van der Waals surface area contributed by atoms with E-state index in [4.69, 9.17) is 19.3 Å². The van der Waals surface area contributed by atoms with Crippen LogP contribution in [0.5, 0.6) is 17.2 Å². The van der Waals surface area contributed by atoms with Crippen molar-refractivity contribution in [2.75, 3.05) is 6.79 Å². The van der Waals surface area contributed by atoms with E-state index in [0.717, 1.165) is 5.56 Å². The topological polar surface area (TPSA) is 113 Å². The first kappa shape index (κ1) is 15.6. The molecular weight excluding hydrogens is 323 g/mol. The maximum absolute atomic E-state index is 11.7. The smallest absolute Gasteiger partial charge is 0.396 e. The Kier molecular flexibility index (Phi) is 3.85. The van der Waals surface area contributed by atoms with Gasteiger partial charge in [-0.15, -0.1) is 0 Å². The molecule has 3 rings (SSSR count). The van der Waals surface area contributed by atoms with Crippen molar-refractivity contribution in [2.24, 2.45) is 0 Å². The molecular formula is C15H13O7P. The maximum atomic E-state index is 11.7. The van der Waals surface area contributed by atoms with Gasteiger partial charge >= 0.3 is 7.60 Å². The average Bonchev–Trinajstić information content (AvgIpc) is 2.95. The average molecular weight is 336 g/mol. The molecule has 7 nitrogen and oxygen atoms in total. The zero-order chi connectivity index (χ0) is 16.6. The number of ether oxygens (including phenoxy) is 2. The van der Waals surface area contributed by atoms with Gasteiger partial charge in [-0.25, -0.2) is 0 Å². The normalized spacial score (nSPS) is 13.1. The Hall–Kier alpha value is -2.34. The van der Waals surface area contributed by atoms with E-state index in [-0.39, 0.29) is 24.5 Å². The molecule has 8 heteroatoms. The van der Waals surface area contributed by atoms with Gasteiger partial charge in [0.2, 0.25) is 6.79 Å². The summed E-state index contributed by atoms with van der Waals surface area (Å²) in [5.41, 5.74) is -0.246. The zero-order valence-electron chi connectivity index (χ0n) is 11.8. The summed E-state index contributed by atoms with van der Waals surface area (Å²) in [6, 6.07) is 8.97. The molecule has 0 aromatic heterocycles. The second-order valence-corrected chi connectivity index (χ2v) is 6.55. The molecule has 1 aliphatic heterocycles. The summed E-state index contributed by atoms with van der Waals surface area (Å²) in [7, 11) is -4.86. The number of phenols is 1. The fraction of sp³-hybridized carbons (Fsp3) is 0.133. The SMILES string of the molecule is O=C(c1ccc(O)c(Cc2ccc3c(c2)OCO3)c1)P(=O)(O)O. The van der Waals surface area contributed by atoms with E-state index in [0.29, 0.717) is 17.1 Å². The summed E-state index contributed by atoms with van der Waals surface area (Å²) < 4.78 is 21.6. The molecule has 0 atom stereocenters. The van der Waals surface area contributed by atoms with E-state index >= 15 is 0 Å². The van der Waals surface area contributed by atoms with Crippen LogP contribution in [0.25, 0.3) is 0 Å². The van der Waals surface area contributed by atoms with E-state index in [2.05, 4.69) is 0 Å². The van der Waals surface area contributed by atoms with Crippen molar-refractivity contribution in [2.45, 2.75) is 6.42 Å². The predicted molar refractivity (Wildman–Crippen MR) is 79.9 cm³/mol. The Morgan fingerprint density at radius 3 is 2.57 bits per heavy atom. The molecule has 0 bridgehead atoms. The van der Waals surface area contributed by atoms with Crippen LogP contribution >= 0.6 is 7.60 Å². The Labute approximate surface area is 131 Å². The van der Waals surface area contributed by atoms with Crippen molar-refractivity contribution < 1.29 is 33.7 Å². The van der Waals surface area contributed by atoms with Crippen molar-refractivity contribution >= 4 is 13.1 Å². The largest absolute Gasteiger partial charge is 0.508 e. The predicted octanol–water partition coefficient (Wildman–Crippen LogP) is 2.03. The van der Waals surface area contributed by atoms with Gasteiger partial charge in [0.1, 0.15) is 5.75 Å². The molecule has 120 valence electrons. The van der Waals surface area contributed by atoms with Crippen LogP contribution in [0.2, 0.25) is 0 Å². The minimum atomic E-state index is -4.86. The third-order valence-corrected chi connectivity index (χ3v) is 4.21.